The molecule has 0 fully saturated rings. The SMILES string of the molecule is Cn1cncc1C(N)Cc1cc(F)ccc1Cl. The normalized spacial score (nSPS) is 12.7. The molecule has 2 aromatic rings. The van der Waals surface area contributed by atoms with Crippen molar-refractivity contribution in [3.8, 4) is 0 Å². The molecule has 5 heteroatoms. The van der Waals surface area contributed by atoms with E-state index in [-0.39, 0.29) is 11.9 Å². The van der Waals surface area contributed by atoms with E-state index in [1.54, 1.807) is 18.6 Å². The lowest BCUT2D eigenvalue weighted by atomic mass is 10.0. The standard InChI is InChI=1S/C12H13ClFN3/c1-17-7-16-6-12(17)11(15)5-8-4-9(14)2-3-10(8)13/h2-4,6-7,11H,5,15H2,1H3. The summed E-state index contributed by atoms with van der Waals surface area (Å²) in [5, 5.41) is 0.531. The molecular weight excluding hydrogens is 241 g/mol. The summed E-state index contributed by atoms with van der Waals surface area (Å²) in [5.41, 5.74) is 7.65. The highest BCUT2D eigenvalue weighted by molar-refractivity contribution is 6.31. The largest absolute Gasteiger partial charge is 0.336 e. The van der Waals surface area contributed by atoms with E-state index in [4.69, 9.17) is 17.3 Å². The molecule has 0 bridgehead atoms. The molecule has 90 valence electrons. The summed E-state index contributed by atoms with van der Waals surface area (Å²) in [6.07, 6.45) is 3.87. The second-order valence-electron chi connectivity index (χ2n) is 3.98. The number of nitrogens with zero attached hydrogens (tertiary/aromatic N) is 2. The lowest BCUT2D eigenvalue weighted by molar-refractivity contribution is 0.617. The maximum atomic E-state index is 13.1. The number of aromatic nitrogens is 2. The molecule has 2 rings (SSSR count). The van der Waals surface area contributed by atoms with Crippen molar-refractivity contribution in [2.45, 2.75) is 12.5 Å². The predicted molar refractivity (Wildman–Crippen MR) is 65.3 cm³/mol. The van der Waals surface area contributed by atoms with Crippen LogP contribution in [0, 0.1) is 5.82 Å². The maximum absolute atomic E-state index is 13.1. The minimum absolute atomic E-state index is 0.248. The minimum atomic E-state index is -0.304. The zero-order valence-corrected chi connectivity index (χ0v) is 10.2. The zero-order valence-electron chi connectivity index (χ0n) is 9.40. The van der Waals surface area contributed by atoms with Crippen LogP contribution in [0.1, 0.15) is 17.3 Å². The van der Waals surface area contributed by atoms with E-state index in [0.29, 0.717) is 17.0 Å². The molecule has 1 aromatic carbocycles. The van der Waals surface area contributed by atoms with Gasteiger partial charge in [-0.25, -0.2) is 9.37 Å². The van der Waals surface area contributed by atoms with Gasteiger partial charge in [-0.2, -0.15) is 0 Å². The number of benzene rings is 1. The molecule has 3 nitrogen and oxygen atoms in total. The molecule has 1 atom stereocenters. The molecule has 0 aliphatic heterocycles. The number of hydrogen-bond acceptors (Lipinski definition) is 2. The summed E-state index contributed by atoms with van der Waals surface area (Å²) in [4.78, 5) is 4.00. The van der Waals surface area contributed by atoms with Crippen molar-refractivity contribution in [2.75, 3.05) is 0 Å². The quantitative estimate of drug-likeness (QED) is 0.913. The van der Waals surface area contributed by atoms with E-state index >= 15 is 0 Å². The summed E-state index contributed by atoms with van der Waals surface area (Å²) < 4.78 is 14.9. The minimum Gasteiger partial charge on any atom is -0.336 e. The van der Waals surface area contributed by atoms with Gasteiger partial charge in [0.2, 0.25) is 0 Å². The Hall–Kier alpha value is -1.39. The van der Waals surface area contributed by atoms with Gasteiger partial charge in [-0.1, -0.05) is 11.6 Å². The van der Waals surface area contributed by atoms with Gasteiger partial charge < -0.3 is 10.3 Å². The Morgan fingerprint density at radius 3 is 2.94 bits per heavy atom. The number of rotatable bonds is 3. The van der Waals surface area contributed by atoms with Gasteiger partial charge in [0.05, 0.1) is 18.1 Å². The topological polar surface area (TPSA) is 43.8 Å². The molecule has 0 aliphatic carbocycles. The Kier molecular flexibility index (Phi) is 3.45. The van der Waals surface area contributed by atoms with Crippen LogP contribution >= 0.6 is 11.6 Å². The van der Waals surface area contributed by atoms with Crippen LogP contribution in [-0.4, -0.2) is 9.55 Å². The highest BCUT2D eigenvalue weighted by Gasteiger charge is 2.13. The van der Waals surface area contributed by atoms with Crippen molar-refractivity contribution in [1.29, 1.82) is 0 Å². The van der Waals surface area contributed by atoms with E-state index in [1.165, 1.54) is 12.1 Å². The molecule has 2 N–H and O–H groups in total. The first-order valence-corrected chi connectivity index (χ1v) is 5.61. The van der Waals surface area contributed by atoms with Crippen LogP contribution in [0.25, 0.3) is 0 Å². The highest BCUT2D eigenvalue weighted by atomic mass is 35.5. The number of aryl methyl sites for hydroxylation is 1. The second kappa shape index (κ2) is 4.85. The monoisotopic (exact) mass is 253 g/mol. The van der Waals surface area contributed by atoms with Gasteiger partial charge in [0.15, 0.2) is 0 Å². The van der Waals surface area contributed by atoms with Crippen LogP contribution in [0.3, 0.4) is 0 Å². The van der Waals surface area contributed by atoms with Crippen LogP contribution in [0.5, 0.6) is 0 Å². The first-order valence-electron chi connectivity index (χ1n) is 5.23. The zero-order chi connectivity index (χ0) is 12.4. The lowest BCUT2D eigenvalue weighted by Crippen LogP contribution is -2.16. The molecule has 0 saturated heterocycles. The molecular formula is C12H13ClFN3. The first-order chi connectivity index (χ1) is 8.08. The average molecular weight is 254 g/mol. The van der Waals surface area contributed by atoms with E-state index in [1.807, 2.05) is 11.6 Å². The fourth-order valence-corrected chi connectivity index (χ4v) is 1.96. The molecule has 0 amide bonds. The third kappa shape index (κ3) is 2.65. The van der Waals surface area contributed by atoms with E-state index in [9.17, 15) is 4.39 Å². The number of nitrogens with two attached hydrogens (primary N) is 1. The number of hydrogen-bond donors (Lipinski definition) is 1. The summed E-state index contributed by atoms with van der Waals surface area (Å²) in [6.45, 7) is 0. The fourth-order valence-electron chi connectivity index (χ4n) is 1.77. The Bertz CT molecular complexity index is 524. The van der Waals surface area contributed by atoms with Crippen molar-refractivity contribution in [1.82, 2.24) is 9.55 Å². The van der Waals surface area contributed by atoms with Crippen LogP contribution in [0.2, 0.25) is 5.02 Å². The molecule has 17 heavy (non-hydrogen) atoms. The van der Waals surface area contributed by atoms with Crippen molar-refractivity contribution < 1.29 is 4.39 Å². The van der Waals surface area contributed by atoms with Crippen LogP contribution in [-0.2, 0) is 13.5 Å². The Labute approximate surface area is 104 Å². The van der Waals surface area contributed by atoms with Gasteiger partial charge in [-0.3, -0.25) is 0 Å². The van der Waals surface area contributed by atoms with Crippen LogP contribution in [0.4, 0.5) is 4.39 Å². The summed E-state index contributed by atoms with van der Waals surface area (Å²) in [5.74, 6) is -0.304. The average Bonchev–Trinajstić information content (AvgIpc) is 2.70. The van der Waals surface area contributed by atoms with Crippen LogP contribution in [0.15, 0.2) is 30.7 Å². The number of imidazole rings is 1. The number of halogens is 2. The second-order valence-corrected chi connectivity index (χ2v) is 4.38. The molecule has 0 saturated carbocycles. The van der Waals surface area contributed by atoms with Gasteiger partial charge in [-0.15, -0.1) is 0 Å². The van der Waals surface area contributed by atoms with Crippen molar-refractivity contribution in [3.63, 3.8) is 0 Å². The van der Waals surface area contributed by atoms with Gasteiger partial charge in [0.25, 0.3) is 0 Å². The van der Waals surface area contributed by atoms with Gasteiger partial charge >= 0.3 is 0 Å². The van der Waals surface area contributed by atoms with Gasteiger partial charge in [0, 0.05) is 18.3 Å². The summed E-state index contributed by atoms with van der Waals surface area (Å²) in [6, 6.07) is 4.05. The summed E-state index contributed by atoms with van der Waals surface area (Å²) in [7, 11) is 1.87. The molecule has 0 radical (unpaired) electrons. The van der Waals surface area contributed by atoms with Crippen molar-refractivity contribution in [3.05, 3.63) is 52.8 Å². The highest BCUT2D eigenvalue weighted by Crippen LogP contribution is 2.22. The maximum Gasteiger partial charge on any atom is 0.123 e. The van der Waals surface area contributed by atoms with Gasteiger partial charge in [0.1, 0.15) is 5.82 Å². The predicted octanol–water partition coefficient (Wildman–Crippen LogP) is 2.46. The third-order valence-electron chi connectivity index (χ3n) is 2.68. The Balaban J connectivity index is 2.21. The Morgan fingerprint density at radius 1 is 1.53 bits per heavy atom. The lowest BCUT2D eigenvalue weighted by Gasteiger charge is -2.13. The van der Waals surface area contributed by atoms with Crippen molar-refractivity contribution in [2.24, 2.45) is 12.8 Å². The first kappa shape index (κ1) is 12.1. The van der Waals surface area contributed by atoms with Gasteiger partial charge in [-0.05, 0) is 30.2 Å². The molecule has 0 aliphatic rings. The van der Waals surface area contributed by atoms with E-state index in [2.05, 4.69) is 4.98 Å². The fraction of sp³-hybridized carbons (Fsp3) is 0.250. The van der Waals surface area contributed by atoms with Crippen molar-refractivity contribution >= 4 is 11.6 Å². The van der Waals surface area contributed by atoms with Crippen LogP contribution < -0.4 is 5.73 Å². The molecule has 1 heterocycles. The molecule has 1 aromatic heterocycles. The smallest absolute Gasteiger partial charge is 0.123 e. The molecule has 0 spiro atoms. The summed E-state index contributed by atoms with van der Waals surface area (Å²) >= 11 is 6.00. The Morgan fingerprint density at radius 2 is 2.29 bits per heavy atom. The van der Waals surface area contributed by atoms with E-state index < -0.39 is 0 Å². The molecule has 1 unspecified atom stereocenters. The van der Waals surface area contributed by atoms with E-state index in [0.717, 1.165) is 5.69 Å². The third-order valence-corrected chi connectivity index (χ3v) is 3.05.